The van der Waals surface area contributed by atoms with Crippen LogP contribution in [0.2, 0.25) is 0 Å². The van der Waals surface area contributed by atoms with Crippen LogP contribution in [0, 0.1) is 10.1 Å². The molecule has 1 N–H and O–H groups in total. The second-order valence-corrected chi connectivity index (χ2v) is 4.77. The van der Waals surface area contributed by atoms with Gasteiger partial charge in [-0.15, -0.1) is 0 Å². The van der Waals surface area contributed by atoms with Gasteiger partial charge in [-0.25, -0.2) is 0 Å². The largest absolute Gasteiger partial charge is 0.487 e. The summed E-state index contributed by atoms with van der Waals surface area (Å²) in [5, 5.41) is 14.4. The molecule has 5 nitrogen and oxygen atoms in total. The molecule has 1 aromatic carbocycles. The molecule has 0 saturated heterocycles. The van der Waals surface area contributed by atoms with E-state index < -0.39 is 4.92 Å². The maximum absolute atomic E-state index is 11.0. The predicted molar refractivity (Wildman–Crippen MR) is 80.3 cm³/mol. The van der Waals surface area contributed by atoms with Crippen LogP contribution in [0.5, 0.6) is 5.75 Å². The molecule has 1 aromatic rings. The van der Waals surface area contributed by atoms with E-state index in [4.69, 9.17) is 4.74 Å². The highest BCUT2D eigenvalue weighted by atomic mass is 16.6. The number of benzene rings is 1. The molecule has 112 valence electrons. The molecule has 0 aliphatic heterocycles. The van der Waals surface area contributed by atoms with Gasteiger partial charge in [-0.05, 0) is 37.4 Å². The molecule has 20 heavy (non-hydrogen) atoms. The van der Waals surface area contributed by atoms with E-state index in [0.717, 1.165) is 31.4 Å². The van der Waals surface area contributed by atoms with Gasteiger partial charge >= 0.3 is 5.69 Å². The molecular weight excluding hydrogens is 256 g/mol. The molecule has 0 amide bonds. The Morgan fingerprint density at radius 2 is 2.10 bits per heavy atom. The summed E-state index contributed by atoms with van der Waals surface area (Å²) in [7, 11) is 0. The first-order valence-corrected chi connectivity index (χ1v) is 7.25. The highest BCUT2D eigenvalue weighted by Gasteiger charge is 2.16. The minimum Gasteiger partial charge on any atom is -0.487 e. The summed E-state index contributed by atoms with van der Waals surface area (Å²) in [6.45, 7) is 7.61. The van der Waals surface area contributed by atoms with E-state index >= 15 is 0 Å². The van der Waals surface area contributed by atoms with Crippen LogP contribution in [-0.4, -0.2) is 24.1 Å². The molecule has 5 heteroatoms. The summed E-state index contributed by atoms with van der Waals surface area (Å²) in [4.78, 5) is 10.6. The standard InChI is InChI=1S/C15H24N2O3/c1-4-9-20-15-11-12(7-8-14(15)17(18)19)10-13(5-2)16-6-3/h7-8,11,13,16H,4-6,9-10H2,1-3H3. The fourth-order valence-corrected chi connectivity index (χ4v) is 2.10. The molecular formula is C15H24N2O3. The number of hydrogen-bond donors (Lipinski definition) is 1. The smallest absolute Gasteiger partial charge is 0.310 e. The number of nitrogens with one attached hydrogen (secondary N) is 1. The van der Waals surface area contributed by atoms with Gasteiger partial charge in [0.25, 0.3) is 0 Å². The van der Waals surface area contributed by atoms with Gasteiger partial charge in [-0.1, -0.05) is 26.8 Å². The van der Waals surface area contributed by atoms with Crippen molar-refractivity contribution in [1.29, 1.82) is 0 Å². The van der Waals surface area contributed by atoms with Gasteiger partial charge in [0.2, 0.25) is 0 Å². The van der Waals surface area contributed by atoms with Crippen molar-refractivity contribution in [3.63, 3.8) is 0 Å². The van der Waals surface area contributed by atoms with E-state index in [1.54, 1.807) is 12.1 Å². The lowest BCUT2D eigenvalue weighted by Gasteiger charge is -2.16. The van der Waals surface area contributed by atoms with Crippen molar-refractivity contribution in [3.05, 3.63) is 33.9 Å². The molecule has 0 heterocycles. The van der Waals surface area contributed by atoms with Gasteiger partial charge in [-0.3, -0.25) is 10.1 Å². The lowest BCUT2D eigenvalue weighted by atomic mass is 10.0. The van der Waals surface area contributed by atoms with Gasteiger partial charge in [0, 0.05) is 12.1 Å². The zero-order valence-electron chi connectivity index (χ0n) is 12.5. The third kappa shape index (κ3) is 4.81. The van der Waals surface area contributed by atoms with Crippen LogP contribution >= 0.6 is 0 Å². The second-order valence-electron chi connectivity index (χ2n) is 4.77. The first-order valence-electron chi connectivity index (χ1n) is 7.25. The minimum atomic E-state index is -0.392. The van der Waals surface area contributed by atoms with Crippen LogP contribution in [0.15, 0.2) is 18.2 Å². The first kappa shape index (κ1) is 16.4. The SMILES string of the molecule is CCCOc1cc(CC(CC)NCC)ccc1[N+](=O)[O-]. The zero-order chi connectivity index (χ0) is 15.0. The van der Waals surface area contributed by atoms with E-state index in [0.29, 0.717) is 18.4 Å². The van der Waals surface area contributed by atoms with Gasteiger partial charge in [0.1, 0.15) is 0 Å². The molecule has 0 aliphatic rings. The Balaban J connectivity index is 2.90. The van der Waals surface area contributed by atoms with Crippen LogP contribution in [0.25, 0.3) is 0 Å². The van der Waals surface area contributed by atoms with Crippen molar-refractivity contribution in [2.45, 2.75) is 46.1 Å². The molecule has 0 aliphatic carbocycles. The summed E-state index contributed by atoms with van der Waals surface area (Å²) in [6, 6.07) is 5.55. The fraction of sp³-hybridized carbons (Fsp3) is 0.600. The Kier molecular flexibility index (Phi) is 7.01. The van der Waals surface area contributed by atoms with Gasteiger partial charge < -0.3 is 10.1 Å². The first-order chi connectivity index (χ1) is 9.62. The molecule has 1 atom stereocenters. The van der Waals surface area contributed by atoms with Crippen LogP contribution in [0.1, 0.15) is 39.2 Å². The number of rotatable bonds is 9. The average molecular weight is 280 g/mol. The topological polar surface area (TPSA) is 64.4 Å². The number of nitrogens with zero attached hydrogens (tertiary/aromatic N) is 1. The number of likely N-dealkylation sites (N-methyl/N-ethyl adjacent to an activating group) is 1. The Morgan fingerprint density at radius 3 is 2.65 bits per heavy atom. The normalized spacial score (nSPS) is 12.2. The molecule has 1 unspecified atom stereocenters. The van der Waals surface area contributed by atoms with Gasteiger partial charge in [0.05, 0.1) is 11.5 Å². The summed E-state index contributed by atoms with van der Waals surface area (Å²) < 4.78 is 5.50. The molecule has 0 radical (unpaired) electrons. The second kappa shape index (κ2) is 8.53. The molecule has 0 saturated carbocycles. The quantitative estimate of drug-likeness (QED) is 0.556. The fourth-order valence-electron chi connectivity index (χ4n) is 2.10. The number of nitro benzene ring substituents is 1. The summed E-state index contributed by atoms with van der Waals surface area (Å²) in [5.41, 5.74) is 1.10. The van der Waals surface area contributed by atoms with Crippen molar-refractivity contribution in [3.8, 4) is 5.75 Å². The minimum absolute atomic E-state index is 0.0405. The van der Waals surface area contributed by atoms with E-state index in [1.807, 2.05) is 13.0 Å². The predicted octanol–water partition coefficient (Wildman–Crippen LogP) is 3.31. The van der Waals surface area contributed by atoms with Crippen LogP contribution < -0.4 is 10.1 Å². The number of nitro groups is 1. The number of hydrogen-bond acceptors (Lipinski definition) is 4. The van der Waals surface area contributed by atoms with Crippen molar-refractivity contribution in [1.82, 2.24) is 5.32 Å². The van der Waals surface area contributed by atoms with E-state index in [1.165, 1.54) is 0 Å². The highest BCUT2D eigenvalue weighted by molar-refractivity contribution is 5.48. The average Bonchev–Trinajstić information content (AvgIpc) is 2.44. The third-order valence-electron chi connectivity index (χ3n) is 3.15. The number of ether oxygens (including phenoxy) is 1. The molecule has 0 fully saturated rings. The van der Waals surface area contributed by atoms with Gasteiger partial charge in [-0.2, -0.15) is 0 Å². The van der Waals surface area contributed by atoms with Crippen molar-refractivity contribution in [2.75, 3.05) is 13.2 Å². The Hall–Kier alpha value is -1.62. The molecule has 1 rings (SSSR count). The van der Waals surface area contributed by atoms with Crippen molar-refractivity contribution < 1.29 is 9.66 Å². The van der Waals surface area contributed by atoms with E-state index in [-0.39, 0.29) is 5.69 Å². The summed E-state index contributed by atoms with van der Waals surface area (Å²) in [6.07, 6.45) is 2.71. The lowest BCUT2D eigenvalue weighted by Crippen LogP contribution is -2.30. The summed E-state index contributed by atoms with van der Waals surface area (Å²) in [5.74, 6) is 0.376. The monoisotopic (exact) mass is 280 g/mol. The maximum atomic E-state index is 11.0. The molecule has 0 aromatic heterocycles. The third-order valence-corrected chi connectivity index (χ3v) is 3.15. The van der Waals surface area contributed by atoms with Crippen LogP contribution in [0.4, 0.5) is 5.69 Å². The Bertz CT molecular complexity index is 435. The van der Waals surface area contributed by atoms with Crippen LogP contribution in [0.3, 0.4) is 0 Å². The maximum Gasteiger partial charge on any atom is 0.310 e. The highest BCUT2D eigenvalue weighted by Crippen LogP contribution is 2.28. The molecule has 0 bridgehead atoms. The molecule has 0 spiro atoms. The summed E-state index contributed by atoms with van der Waals surface area (Å²) >= 11 is 0. The Morgan fingerprint density at radius 1 is 1.35 bits per heavy atom. The van der Waals surface area contributed by atoms with E-state index in [9.17, 15) is 10.1 Å². The zero-order valence-corrected chi connectivity index (χ0v) is 12.5. The lowest BCUT2D eigenvalue weighted by molar-refractivity contribution is -0.385. The van der Waals surface area contributed by atoms with E-state index in [2.05, 4.69) is 19.2 Å². The van der Waals surface area contributed by atoms with Crippen molar-refractivity contribution in [2.24, 2.45) is 0 Å². The van der Waals surface area contributed by atoms with Crippen LogP contribution in [-0.2, 0) is 6.42 Å². The van der Waals surface area contributed by atoms with Gasteiger partial charge in [0.15, 0.2) is 5.75 Å². The van der Waals surface area contributed by atoms with Crippen molar-refractivity contribution >= 4 is 5.69 Å². The Labute approximate surface area is 120 Å².